The average molecular weight is 573 g/mol. The number of carbonyl (C=O) groups is 4. The number of primary amides is 1. The molecule has 40 heavy (non-hydrogen) atoms. The van der Waals surface area contributed by atoms with Crippen LogP contribution in [-0.2, 0) is 28.7 Å². The van der Waals surface area contributed by atoms with Gasteiger partial charge < -0.3 is 46.5 Å². The monoisotopic (exact) mass is 572 g/mol. The number of amides is 4. The maximum atomic E-state index is 12.7. The molecule has 13 heteroatoms. The Morgan fingerprint density at radius 2 is 1.73 bits per heavy atom. The Labute approximate surface area is 235 Å². The first-order chi connectivity index (χ1) is 18.9. The number of carbonyl (C=O) groups excluding carboxylic acids is 4. The second kappa shape index (κ2) is 16.8. The fourth-order valence-corrected chi connectivity index (χ4v) is 5.16. The average Bonchev–Trinajstić information content (AvgIpc) is 2.93. The fraction of sp³-hybridized carbons (Fsp3) is 0.852. The third kappa shape index (κ3) is 10.6. The summed E-state index contributed by atoms with van der Waals surface area (Å²) < 4.78 is 10.8. The van der Waals surface area contributed by atoms with E-state index < -0.39 is 73.0 Å². The Bertz CT molecular complexity index is 839. The van der Waals surface area contributed by atoms with Crippen molar-refractivity contribution in [3.63, 3.8) is 0 Å². The van der Waals surface area contributed by atoms with E-state index >= 15 is 0 Å². The van der Waals surface area contributed by atoms with Crippen molar-refractivity contribution in [2.75, 3.05) is 13.2 Å². The smallest absolute Gasteiger partial charge is 0.249 e. The van der Waals surface area contributed by atoms with Crippen LogP contribution >= 0.6 is 0 Å². The third-order valence-corrected chi connectivity index (χ3v) is 7.82. The lowest BCUT2D eigenvalue weighted by molar-refractivity contribution is -0.278. The predicted octanol–water partition coefficient (Wildman–Crippen LogP) is -0.802. The van der Waals surface area contributed by atoms with Gasteiger partial charge in [-0.15, -0.1) is 0 Å². The summed E-state index contributed by atoms with van der Waals surface area (Å²) in [4.78, 5) is 49.4. The SMILES string of the molecule is C[C@H](NC(=O)[C@@H](C)O[C@H]1C(O)C(CO)OC(O)[C@H]1C)C(=O)N[C@H](CCC(=O)NCCCC1CCCCC1)C(N)=O. The largest absolute Gasteiger partial charge is 0.394 e. The standard InChI is InChI=1S/C27H48N4O9/c1-15-23(22(34)20(14-32)40-27(15)38)39-17(3)26(37)30-16(2)25(36)31-19(24(28)35)11-12-21(33)29-13-7-10-18-8-5-4-6-9-18/h15-20,22-23,27,32,34,38H,4-14H2,1-3H3,(H2,28,35)(H,29,33)(H,30,37)(H,31,36)/t15-,16-,17+,19+,20?,22?,23+,27?/m0/s1. The van der Waals surface area contributed by atoms with E-state index in [1.807, 2.05) is 0 Å². The van der Waals surface area contributed by atoms with E-state index in [0.29, 0.717) is 6.54 Å². The summed E-state index contributed by atoms with van der Waals surface area (Å²) in [6.45, 7) is 4.40. The van der Waals surface area contributed by atoms with Gasteiger partial charge in [-0.2, -0.15) is 0 Å². The van der Waals surface area contributed by atoms with Crippen molar-refractivity contribution in [2.45, 2.75) is 121 Å². The van der Waals surface area contributed by atoms with Crippen LogP contribution in [0.15, 0.2) is 0 Å². The zero-order valence-electron chi connectivity index (χ0n) is 23.8. The molecule has 2 rings (SSSR count). The molecule has 2 fully saturated rings. The molecule has 3 unspecified atom stereocenters. The number of nitrogens with one attached hydrogen (secondary N) is 3. The van der Waals surface area contributed by atoms with Crippen LogP contribution in [0.4, 0.5) is 0 Å². The summed E-state index contributed by atoms with van der Waals surface area (Å²) in [7, 11) is 0. The molecule has 0 aromatic carbocycles. The lowest BCUT2D eigenvalue weighted by Gasteiger charge is -2.41. The number of ether oxygens (including phenoxy) is 2. The molecule has 4 amide bonds. The second-order valence-corrected chi connectivity index (χ2v) is 11.1. The molecule has 0 radical (unpaired) electrons. The van der Waals surface area contributed by atoms with Crippen LogP contribution in [-0.4, -0.2) is 94.9 Å². The van der Waals surface area contributed by atoms with Crippen molar-refractivity contribution in [2.24, 2.45) is 17.6 Å². The van der Waals surface area contributed by atoms with E-state index in [1.54, 1.807) is 6.92 Å². The minimum absolute atomic E-state index is 0.00916. The van der Waals surface area contributed by atoms with Crippen LogP contribution in [0.5, 0.6) is 0 Å². The summed E-state index contributed by atoms with van der Waals surface area (Å²) in [5, 5.41) is 37.5. The van der Waals surface area contributed by atoms with Gasteiger partial charge in [0.1, 0.15) is 30.4 Å². The summed E-state index contributed by atoms with van der Waals surface area (Å²) in [6, 6.07) is -2.16. The van der Waals surface area contributed by atoms with Gasteiger partial charge in [-0.3, -0.25) is 19.2 Å². The van der Waals surface area contributed by atoms with E-state index in [9.17, 15) is 34.5 Å². The third-order valence-electron chi connectivity index (χ3n) is 7.82. The second-order valence-electron chi connectivity index (χ2n) is 11.1. The normalized spacial score (nSPS) is 27.7. The maximum absolute atomic E-state index is 12.7. The van der Waals surface area contributed by atoms with E-state index in [0.717, 1.165) is 18.8 Å². The Kier molecular flexibility index (Phi) is 14.3. The lowest BCUT2D eigenvalue weighted by Crippen LogP contribution is -2.58. The molecule has 0 bridgehead atoms. The fourth-order valence-electron chi connectivity index (χ4n) is 5.16. The molecule has 1 heterocycles. The van der Waals surface area contributed by atoms with Gasteiger partial charge in [-0.05, 0) is 39.0 Å². The highest BCUT2D eigenvalue weighted by Gasteiger charge is 2.44. The van der Waals surface area contributed by atoms with Crippen molar-refractivity contribution in [3.8, 4) is 0 Å². The zero-order chi connectivity index (χ0) is 29.8. The summed E-state index contributed by atoms with van der Waals surface area (Å²) in [6.07, 6.45) is 2.59. The molecule has 2 aliphatic rings. The van der Waals surface area contributed by atoms with Crippen molar-refractivity contribution in [1.82, 2.24) is 16.0 Å². The molecule has 1 aliphatic carbocycles. The number of nitrogens with two attached hydrogens (primary N) is 1. The molecule has 230 valence electrons. The van der Waals surface area contributed by atoms with Crippen molar-refractivity contribution < 1.29 is 44.0 Å². The Hall–Kier alpha value is -2.32. The summed E-state index contributed by atoms with van der Waals surface area (Å²) in [5.41, 5.74) is 5.42. The highest BCUT2D eigenvalue weighted by Crippen LogP contribution is 2.28. The zero-order valence-corrected chi connectivity index (χ0v) is 23.8. The van der Waals surface area contributed by atoms with E-state index in [4.69, 9.17) is 15.2 Å². The molecule has 1 saturated heterocycles. The van der Waals surface area contributed by atoms with Crippen molar-refractivity contribution in [1.29, 1.82) is 0 Å². The molecular weight excluding hydrogens is 524 g/mol. The molecule has 1 aliphatic heterocycles. The van der Waals surface area contributed by atoms with E-state index in [1.165, 1.54) is 46.0 Å². The summed E-state index contributed by atoms with van der Waals surface area (Å²) >= 11 is 0. The molecule has 8 N–H and O–H groups in total. The van der Waals surface area contributed by atoms with Gasteiger partial charge in [-0.25, -0.2) is 0 Å². The highest BCUT2D eigenvalue weighted by atomic mass is 16.6. The number of rotatable bonds is 15. The van der Waals surface area contributed by atoms with Crippen molar-refractivity contribution in [3.05, 3.63) is 0 Å². The van der Waals surface area contributed by atoms with Crippen LogP contribution in [0.1, 0.15) is 78.6 Å². The molecule has 0 aromatic heterocycles. The molecular formula is C27H48N4O9. The first kappa shape index (κ1) is 33.9. The quantitative estimate of drug-likeness (QED) is 0.122. The van der Waals surface area contributed by atoms with Gasteiger partial charge in [0.2, 0.25) is 23.6 Å². The number of hydrogen-bond donors (Lipinski definition) is 7. The van der Waals surface area contributed by atoms with Crippen molar-refractivity contribution >= 4 is 23.6 Å². The molecule has 1 saturated carbocycles. The van der Waals surface area contributed by atoms with Gasteiger partial charge in [0, 0.05) is 18.9 Å². The van der Waals surface area contributed by atoms with E-state index in [-0.39, 0.29) is 18.7 Å². The van der Waals surface area contributed by atoms with Crippen LogP contribution in [0.2, 0.25) is 0 Å². The van der Waals surface area contributed by atoms with E-state index in [2.05, 4.69) is 16.0 Å². The minimum atomic E-state index is -1.31. The first-order valence-corrected chi connectivity index (χ1v) is 14.4. The number of aliphatic hydroxyl groups excluding tert-OH is 3. The maximum Gasteiger partial charge on any atom is 0.249 e. The van der Waals surface area contributed by atoms with Gasteiger partial charge in [0.25, 0.3) is 0 Å². The Morgan fingerprint density at radius 1 is 1.05 bits per heavy atom. The van der Waals surface area contributed by atoms with Crippen LogP contribution in [0.25, 0.3) is 0 Å². The number of aliphatic hydroxyl groups is 3. The number of hydrogen-bond acceptors (Lipinski definition) is 9. The van der Waals surface area contributed by atoms with Gasteiger partial charge in [-0.1, -0.05) is 39.0 Å². The van der Waals surface area contributed by atoms with Crippen LogP contribution in [0.3, 0.4) is 0 Å². The van der Waals surface area contributed by atoms with Gasteiger partial charge >= 0.3 is 0 Å². The lowest BCUT2D eigenvalue weighted by atomic mass is 9.86. The Morgan fingerprint density at radius 3 is 2.35 bits per heavy atom. The molecule has 13 nitrogen and oxygen atoms in total. The topological polar surface area (TPSA) is 210 Å². The predicted molar refractivity (Wildman–Crippen MR) is 144 cm³/mol. The Balaban J connectivity index is 1.75. The van der Waals surface area contributed by atoms with Crippen LogP contribution < -0.4 is 21.7 Å². The van der Waals surface area contributed by atoms with Crippen LogP contribution in [0, 0.1) is 11.8 Å². The molecule has 0 aromatic rings. The van der Waals surface area contributed by atoms with Gasteiger partial charge in [0.05, 0.1) is 12.7 Å². The summed E-state index contributed by atoms with van der Waals surface area (Å²) in [5.74, 6) is -2.33. The van der Waals surface area contributed by atoms with Gasteiger partial charge in [0.15, 0.2) is 6.29 Å². The highest BCUT2D eigenvalue weighted by molar-refractivity contribution is 5.92. The first-order valence-electron chi connectivity index (χ1n) is 14.4. The minimum Gasteiger partial charge on any atom is -0.394 e. The molecule has 0 spiro atoms. The molecule has 8 atom stereocenters.